The number of nitrogens with one attached hydrogen (secondary N) is 1. The van der Waals surface area contributed by atoms with Crippen LogP contribution >= 0.6 is 0 Å². The Balaban J connectivity index is 1.69. The topological polar surface area (TPSA) is 74.0 Å². The maximum atomic E-state index is 13.5. The monoisotopic (exact) mass is 543 g/mol. The summed E-state index contributed by atoms with van der Waals surface area (Å²) < 4.78 is 31.8. The lowest BCUT2D eigenvalue weighted by atomic mass is 9.84. The van der Waals surface area contributed by atoms with E-state index in [1.54, 1.807) is 13.1 Å². The van der Waals surface area contributed by atoms with E-state index < -0.39 is 11.7 Å². The third-order valence-electron chi connectivity index (χ3n) is 7.49. The normalized spacial score (nSPS) is 19.7. The van der Waals surface area contributed by atoms with Crippen molar-refractivity contribution in [3.05, 3.63) is 59.9 Å². The molecule has 1 aliphatic carbocycles. The fraction of sp³-hybridized carbons (Fsp3) is 0.567. The molecule has 3 rings (SSSR count). The van der Waals surface area contributed by atoms with Crippen molar-refractivity contribution in [1.29, 1.82) is 0 Å². The number of hydrogen-bond donors (Lipinski definition) is 1. The number of alkyl halides is 2. The van der Waals surface area contributed by atoms with Gasteiger partial charge in [-0.3, -0.25) is 4.79 Å². The van der Waals surface area contributed by atoms with Crippen LogP contribution in [0.5, 0.6) is 0 Å². The number of aromatic nitrogens is 1. The number of hydrogen-bond acceptors (Lipinski definition) is 6. The molecule has 1 aromatic heterocycles. The fourth-order valence-corrected chi connectivity index (χ4v) is 5.15. The predicted molar refractivity (Wildman–Crippen MR) is 152 cm³/mol. The maximum absolute atomic E-state index is 13.5. The van der Waals surface area contributed by atoms with E-state index in [-0.39, 0.29) is 11.9 Å². The van der Waals surface area contributed by atoms with Gasteiger partial charge >= 0.3 is 5.92 Å². The Bertz CT molecular complexity index is 1120. The van der Waals surface area contributed by atoms with Crippen LogP contribution in [0.25, 0.3) is 5.57 Å². The smallest absolute Gasteiger partial charge is 0.304 e. The predicted octanol–water partition coefficient (Wildman–Crippen LogP) is 6.63. The molecule has 2 fully saturated rings. The number of amidine groups is 1. The largest absolute Gasteiger partial charge is 0.367 e. The molecular formula is C30H43F2N5O2. The first-order valence-electron chi connectivity index (χ1n) is 13.9. The van der Waals surface area contributed by atoms with Gasteiger partial charge in [0.25, 0.3) is 0 Å². The van der Waals surface area contributed by atoms with Gasteiger partial charge in [0.2, 0.25) is 11.7 Å². The molecule has 0 spiro atoms. The summed E-state index contributed by atoms with van der Waals surface area (Å²) in [5.74, 6) is -2.43. The second-order valence-corrected chi connectivity index (χ2v) is 10.7. The molecule has 1 amide bonds. The zero-order chi connectivity index (χ0) is 28.6. The van der Waals surface area contributed by atoms with E-state index in [0.29, 0.717) is 30.5 Å². The quantitative estimate of drug-likeness (QED) is 0.215. The van der Waals surface area contributed by atoms with Crippen molar-refractivity contribution in [1.82, 2.24) is 20.3 Å². The van der Waals surface area contributed by atoms with Gasteiger partial charge in [-0.2, -0.15) is 8.78 Å². The van der Waals surface area contributed by atoms with Crippen LogP contribution in [-0.4, -0.2) is 52.4 Å². The average Bonchev–Trinajstić information content (AvgIpc) is 3.41. The molecule has 2 aliphatic rings. The van der Waals surface area contributed by atoms with E-state index in [1.165, 1.54) is 25.3 Å². The van der Waals surface area contributed by atoms with E-state index in [1.807, 2.05) is 39.0 Å². The van der Waals surface area contributed by atoms with Crippen molar-refractivity contribution in [2.24, 2.45) is 10.9 Å². The van der Waals surface area contributed by atoms with Crippen molar-refractivity contribution in [2.75, 3.05) is 19.6 Å². The van der Waals surface area contributed by atoms with E-state index in [0.717, 1.165) is 49.7 Å². The van der Waals surface area contributed by atoms with Crippen LogP contribution in [0.2, 0.25) is 0 Å². The third kappa shape index (κ3) is 8.63. The summed E-state index contributed by atoms with van der Waals surface area (Å²) in [7, 11) is 0. The summed E-state index contributed by atoms with van der Waals surface area (Å²) >= 11 is 0. The highest BCUT2D eigenvalue weighted by atomic mass is 19.3. The van der Waals surface area contributed by atoms with Crippen LogP contribution < -0.4 is 5.32 Å². The minimum absolute atomic E-state index is 0.0311. The Morgan fingerprint density at radius 3 is 2.59 bits per heavy atom. The van der Waals surface area contributed by atoms with Crippen molar-refractivity contribution >= 4 is 17.3 Å². The number of aliphatic imine (C=N–C) groups is 1. The molecule has 1 aliphatic heterocycles. The second kappa shape index (κ2) is 13.7. The first-order valence-corrected chi connectivity index (χ1v) is 13.9. The molecule has 39 heavy (non-hydrogen) atoms. The van der Waals surface area contributed by atoms with Gasteiger partial charge in [0.05, 0.1) is 6.54 Å². The average molecular weight is 544 g/mol. The molecule has 214 valence electrons. The lowest BCUT2D eigenvalue weighted by Gasteiger charge is -2.43. The number of rotatable bonds is 9. The van der Waals surface area contributed by atoms with Gasteiger partial charge in [-0.15, -0.1) is 0 Å². The van der Waals surface area contributed by atoms with Crippen molar-refractivity contribution in [3.8, 4) is 0 Å². The zero-order valence-corrected chi connectivity index (χ0v) is 24.0. The molecular weight excluding hydrogens is 500 g/mol. The molecule has 1 aromatic rings. The molecule has 0 bridgehead atoms. The van der Waals surface area contributed by atoms with E-state index in [4.69, 9.17) is 4.52 Å². The van der Waals surface area contributed by atoms with E-state index >= 15 is 0 Å². The summed E-state index contributed by atoms with van der Waals surface area (Å²) in [6, 6.07) is 0.987. The highest BCUT2D eigenvalue weighted by Gasteiger charge is 2.33. The summed E-state index contributed by atoms with van der Waals surface area (Å²) in [4.78, 5) is 22.1. The number of halogens is 2. The highest BCUT2D eigenvalue weighted by molar-refractivity contribution is 5.99. The van der Waals surface area contributed by atoms with Gasteiger partial charge in [0.1, 0.15) is 17.6 Å². The Morgan fingerprint density at radius 2 is 1.97 bits per heavy atom. The summed E-state index contributed by atoms with van der Waals surface area (Å²) in [5, 5.41) is 6.78. The number of carbonyl (C=O) groups is 1. The standard InChI is InChI=1S/C30H43F2N5O2/c1-7-15-33-24(5)34-29(38)27(18-25-11-9-8-10-12-25)37-17-16-36(20-23(37)4)22(3)14-13-21(2)26-19-28(39-35-26)30(6,31)32/h7,13-15,19,25,27H,4,8-12,16-18,20H2,1-3,5-6H3,(H,33,34,38)/b15-7-,21-13+,22-14+/t27-/m0/s1. The van der Waals surface area contributed by atoms with Crippen molar-refractivity contribution < 1.29 is 18.1 Å². The molecule has 1 saturated carbocycles. The van der Waals surface area contributed by atoms with Crippen LogP contribution in [0.15, 0.2) is 58.0 Å². The molecule has 2 heterocycles. The fourth-order valence-electron chi connectivity index (χ4n) is 5.15. The summed E-state index contributed by atoms with van der Waals surface area (Å²) in [6.07, 6.45) is 14.2. The van der Waals surface area contributed by atoms with Gasteiger partial charge in [0, 0.05) is 43.7 Å². The molecule has 1 saturated heterocycles. The van der Waals surface area contributed by atoms with E-state index in [2.05, 4.69) is 31.8 Å². The number of amides is 1. The molecule has 1 N–H and O–H groups in total. The summed E-state index contributed by atoms with van der Waals surface area (Å²) in [5.41, 5.74) is 3.03. The lowest BCUT2D eigenvalue weighted by Crippen LogP contribution is -2.54. The van der Waals surface area contributed by atoms with Crippen LogP contribution in [0.1, 0.15) is 84.6 Å². The molecule has 9 heteroatoms. The minimum atomic E-state index is -3.07. The highest BCUT2D eigenvalue weighted by Crippen LogP contribution is 2.31. The van der Waals surface area contributed by atoms with Gasteiger partial charge < -0.3 is 19.6 Å². The first kappa shape index (κ1) is 30.3. The second-order valence-electron chi connectivity index (χ2n) is 10.7. The molecule has 7 nitrogen and oxygen atoms in total. The van der Waals surface area contributed by atoms with Crippen molar-refractivity contribution in [2.45, 2.75) is 85.1 Å². The Morgan fingerprint density at radius 1 is 1.26 bits per heavy atom. The van der Waals surface area contributed by atoms with Crippen LogP contribution in [0.3, 0.4) is 0 Å². The maximum Gasteiger partial charge on any atom is 0.304 e. The van der Waals surface area contributed by atoms with Crippen LogP contribution in [-0.2, 0) is 10.7 Å². The number of carbonyl (C=O) groups excluding carboxylic acids is 1. The van der Waals surface area contributed by atoms with Gasteiger partial charge in [-0.1, -0.05) is 56.0 Å². The molecule has 0 radical (unpaired) electrons. The van der Waals surface area contributed by atoms with Gasteiger partial charge in [0.15, 0.2) is 0 Å². The van der Waals surface area contributed by atoms with Gasteiger partial charge in [-0.25, -0.2) is 4.99 Å². The Hall–Kier alpha value is -3.23. The molecule has 0 aromatic carbocycles. The Labute approximate surface area is 231 Å². The minimum Gasteiger partial charge on any atom is -0.367 e. The van der Waals surface area contributed by atoms with E-state index in [9.17, 15) is 13.6 Å². The van der Waals surface area contributed by atoms with Crippen LogP contribution in [0.4, 0.5) is 8.78 Å². The SMILES string of the molecule is C=C1CN(/C(C)=C/C=C(\C)c2cc(C(C)(F)F)on2)CCN1[C@@H](CC1CCCCC1)C(=O)NC(C)=N/C=C\C. The molecule has 1 atom stereocenters. The first-order chi connectivity index (χ1) is 18.5. The van der Waals surface area contributed by atoms with Crippen molar-refractivity contribution in [3.63, 3.8) is 0 Å². The number of piperazine rings is 1. The third-order valence-corrected chi connectivity index (χ3v) is 7.49. The lowest BCUT2D eigenvalue weighted by molar-refractivity contribution is -0.125. The van der Waals surface area contributed by atoms with Gasteiger partial charge in [-0.05, 0) is 51.7 Å². The number of nitrogens with zero attached hydrogens (tertiary/aromatic N) is 4. The molecule has 0 unspecified atom stereocenters. The Kier molecular flexibility index (Phi) is 10.7. The number of allylic oxidation sites excluding steroid dienone is 5. The summed E-state index contributed by atoms with van der Waals surface area (Å²) in [6.45, 7) is 14.7. The zero-order valence-electron chi connectivity index (χ0n) is 24.0. The van der Waals surface area contributed by atoms with Crippen LogP contribution in [0, 0.1) is 5.92 Å².